The Bertz CT molecular complexity index is 658. The Morgan fingerprint density at radius 2 is 1.64 bits per heavy atom. The topological polar surface area (TPSA) is 80.3 Å². The van der Waals surface area contributed by atoms with E-state index in [-0.39, 0.29) is 11.9 Å². The van der Waals surface area contributed by atoms with Crippen LogP contribution in [0.2, 0.25) is 0 Å². The molecule has 0 aromatic carbocycles. The van der Waals surface area contributed by atoms with E-state index < -0.39 is 42.6 Å². The lowest BCUT2D eigenvalue weighted by atomic mass is 9.70. The minimum Gasteiger partial charge on any atom is -0.454 e. The summed E-state index contributed by atoms with van der Waals surface area (Å²) in [6.45, 7) is 11.9. The monoisotopic (exact) mass is 394 g/mol. The van der Waals surface area contributed by atoms with Gasteiger partial charge in [-0.15, -0.1) is 0 Å². The summed E-state index contributed by atoms with van der Waals surface area (Å²) in [5, 5.41) is 0. The largest absolute Gasteiger partial charge is 0.454 e. The highest BCUT2D eigenvalue weighted by atomic mass is 16.8. The number of fused-ring (bicyclic) bond motifs is 3. The minimum absolute atomic E-state index is 0.216. The van der Waals surface area contributed by atoms with Crippen LogP contribution in [0.1, 0.15) is 53.4 Å². The van der Waals surface area contributed by atoms with E-state index in [1.807, 2.05) is 0 Å². The molecule has 1 unspecified atom stereocenters. The first-order valence-electron chi connectivity index (χ1n) is 10.2. The first-order valence-corrected chi connectivity index (χ1v) is 10.2. The molecule has 0 radical (unpaired) electrons. The van der Waals surface area contributed by atoms with Crippen molar-refractivity contribution in [2.24, 2.45) is 17.3 Å². The van der Waals surface area contributed by atoms with E-state index in [9.17, 15) is 9.59 Å². The highest BCUT2D eigenvalue weighted by molar-refractivity contribution is 5.90. The lowest BCUT2D eigenvalue weighted by Gasteiger charge is -2.38. The summed E-state index contributed by atoms with van der Waals surface area (Å²) in [6, 6.07) is 0. The third kappa shape index (κ3) is 3.48. The molecule has 3 saturated heterocycles. The SMILES string of the molecule is C=C(C)C(=O)O[C@@H]1C(=O)O[C@@H]2[C@H]3OC(C4CCC(C(C)(C)C)CC4)O[C@H]3O[C@@H]21. The Hall–Kier alpha value is -1.44. The van der Waals surface area contributed by atoms with Crippen LogP contribution < -0.4 is 0 Å². The van der Waals surface area contributed by atoms with Crippen LogP contribution in [0.4, 0.5) is 0 Å². The van der Waals surface area contributed by atoms with E-state index in [4.69, 9.17) is 23.7 Å². The molecule has 1 saturated carbocycles. The number of ether oxygens (including phenoxy) is 5. The van der Waals surface area contributed by atoms with Gasteiger partial charge in [0.05, 0.1) is 0 Å². The van der Waals surface area contributed by atoms with Crippen molar-refractivity contribution in [2.75, 3.05) is 0 Å². The highest BCUT2D eigenvalue weighted by Gasteiger charge is 2.63. The number of carbonyl (C=O) groups excluding carboxylic acids is 2. The van der Waals surface area contributed by atoms with Gasteiger partial charge in [-0.05, 0) is 43.9 Å². The highest BCUT2D eigenvalue weighted by Crippen LogP contribution is 2.46. The van der Waals surface area contributed by atoms with Crippen molar-refractivity contribution in [3.8, 4) is 0 Å². The second-order valence-electron chi connectivity index (χ2n) is 9.56. The molecule has 0 bridgehead atoms. The van der Waals surface area contributed by atoms with Gasteiger partial charge >= 0.3 is 11.9 Å². The van der Waals surface area contributed by atoms with Gasteiger partial charge in [0.15, 0.2) is 24.8 Å². The minimum atomic E-state index is -1.10. The smallest absolute Gasteiger partial charge is 0.350 e. The Labute approximate surface area is 165 Å². The molecule has 4 aliphatic rings. The number of carbonyl (C=O) groups is 2. The number of rotatable bonds is 3. The summed E-state index contributed by atoms with van der Waals surface area (Å²) < 4.78 is 28.6. The summed E-state index contributed by atoms with van der Waals surface area (Å²) in [7, 11) is 0. The van der Waals surface area contributed by atoms with E-state index in [0.717, 1.165) is 25.7 Å². The molecule has 7 heteroatoms. The van der Waals surface area contributed by atoms with Gasteiger partial charge in [-0.3, -0.25) is 0 Å². The molecule has 0 N–H and O–H groups in total. The fourth-order valence-corrected chi connectivity index (χ4v) is 4.75. The second kappa shape index (κ2) is 7.11. The molecule has 1 aliphatic carbocycles. The van der Waals surface area contributed by atoms with Gasteiger partial charge in [0.2, 0.25) is 6.10 Å². The van der Waals surface area contributed by atoms with Crippen molar-refractivity contribution >= 4 is 11.9 Å². The quantitative estimate of drug-likeness (QED) is 0.538. The zero-order valence-electron chi connectivity index (χ0n) is 17.0. The standard InChI is InChI=1S/C21H30O7/c1-10(2)17(22)25-15-13-14(24-18(15)23)16-20(26-13)28-19(27-16)11-6-8-12(9-7-11)21(3,4)5/h11-16,19-20H,1,6-9H2,2-5H3/t11?,12?,13-,14-,15-,16+,19?,20+/m0/s1. The molecule has 0 spiro atoms. The van der Waals surface area contributed by atoms with E-state index >= 15 is 0 Å². The molecule has 3 heterocycles. The van der Waals surface area contributed by atoms with Crippen LogP contribution in [0.15, 0.2) is 12.2 Å². The second-order valence-corrected chi connectivity index (χ2v) is 9.56. The zero-order valence-corrected chi connectivity index (χ0v) is 17.0. The molecule has 156 valence electrons. The van der Waals surface area contributed by atoms with Crippen molar-refractivity contribution in [2.45, 2.75) is 90.4 Å². The molecule has 0 aromatic heterocycles. The van der Waals surface area contributed by atoms with Crippen molar-refractivity contribution < 1.29 is 33.3 Å². The van der Waals surface area contributed by atoms with E-state index in [2.05, 4.69) is 27.4 Å². The molecular formula is C21H30O7. The average molecular weight is 394 g/mol. The van der Waals surface area contributed by atoms with Crippen LogP contribution in [-0.4, -0.2) is 48.9 Å². The molecule has 4 rings (SSSR count). The molecule has 6 atom stereocenters. The van der Waals surface area contributed by atoms with Crippen LogP contribution in [0, 0.1) is 17.3 Å². The third-order valence-electron chi connectivity index (χ3n) is 6.51. The molecule has 7 nitrogen and oxygen atoms in total. The maximum Gasteiger partial charge on any atom is 0.350 e. The summed E-state index contributed by atoms with van der Waals surface area (Å²) in [6.07, 6.45) is 0.589. The fraction of sp³-hybridized carbons (Fsp3) is 0.810. The van der Waals surface area contributed by atoms with Gasteiger partial charge in [-0.2, -0.15) is 0 Å². The molecule has 0 aromatic rings. The van der Waals surface area contributed by atoms with E-state index in [1.165, 1.54) is 6.92 Å². The normalized spacial score (nSPS) is 42.6. The first kappa shape index (κ1) is 19.9. The number of hydrogen-bond donors (Lipinski definition) is 0. The maximum absolute atomic E-state index is 12.1. The summed E-state index contributed by atoms with van der Waals surface area (Å²) in [5.74, 6) is -0.218. The van der Waals surface area contributed by atoms with Crippen LogP contribution in [0.3, 0.4) is 0 Å². The maximum atomic E-state index is 12.1. The van der Waals surface area contributed by atoms with E-state index in [1.54, 1.807) is 0 Å². The van der Waals surface area contributed by atoms with Crippen LogP contribution in [0.25, 0.3) is 0 Å². The lowest BCUT2D eigenvalue weighted by molar-refractivity contribution is -0.196. The van der Waals surface area contributed by atoms with E-state index in [0.29, 0.717) is 17.3 Å². The molecule has 3 aliphatic heterocycles. The summed E-state index contributed by atoms with van der Waals surface area (Å²) >= 11 is 0. The molecule has 4 fully saturated rings. The van der Waals surface area contributed by atoms with Crippen LogP contribution in [-0.2, 0) is 33.3 Å². The van der Waals surface area contributed by atoms with Gasteiger partial charge in [0.25, 0.3) is 0 Å². The molecule has 28 heavy (non-hydrogen) atoms. The van der Waals surface area contributed by atoms with Gasteiger partial charge in [-0.25, -0.2) is 9.59 Å². The van der Waals surface area contributed by atoms with Gasteiger partial charge < -0.3 is 23.7 Å². The summed E-state index contributed by atoms with van der Waals surface area (Å²) in [5.41, 5.74) is 0.539. The van der Waals surface area contributed by atoms with Crippen molar-refractivity contribution in [3.63, 3.8) is 0 Å². The average Bonchev–Trinajstić information content (AvgIpc) is 3.26. The van der Waals surface area contributed by atoms with Crippen molar-refractivity contribution in [1.29, 1.82) is 0 Å². The Morgan fingerprint density at radius 1 is 1.00 bits per heavy atom. The Balaban J connectivity index is 1.35. The Morgan fingerprint density at radius 3 is 2.25 bits per heavy atom. The number of hydrogen-bond acceptors (Lipinski definition) is 7. The van der Waals surface area contributed by atoms with Crippen LogP contribution in [0.5, 0.6) is 0 Å². The lowest BCUT2D eigenvalue weighted by Crippen LogP contribution is -2.38. The Kier molecular flexibility index (Phi) is 5.04. The van der Waals surface area contributed by atoms with Crippen molar-refractivity contribution in [3.05, 3.63) is 12.2 Å². The fourth-order valence-electron chi connectivity index (χ4n) is 4.75. The van der Waals surface area contributed by atoms with Crippen LogP contribution >= 0.6 is 0 Å². The zero-order chi connectivity index (χ0) is 20.2. The predicted molar refractivity (Wildman–Crippen MR) is 97.9 cm³/mol. The molecule has 0 amide bonds. The van der Waals surface area contributed by atoms with Crippen molar-refractivity contribution in [1.82, 2.24) is 0 Å². The molecular weight excluding hydrogens is 364 g/mol. The first-order chi connectivity index (χ1) is 13.1. The summed E-state index contributed by atoms with van der Waals surface area (Å²) in [4.78, 5) is 23.9. The van der Waals surface area contributed by atoms with Gasteiger partial charge in [0, 0.05) is 11.5 Å². The predicted octanol–water partition coefficient (Wildman–Crippen LogP) is 2.72. The van der Waals surface area contributed by atoms with Gasteiger partial charge in [0.1, 0.15) is 6.10 Å². The third-order valence-corrected chi connectivity index (χ3v) is 6.51. The van der Waals surface area contributed by atoms with Gasteiger partial charge in [-0.1, -0.05) is 27.4 Å². The number of esters is 2.